The lowest BCUT2D eigenvalue weighted by Crippen LogP contribution is -2.61. The summed E-state index contributed by atoms with van der Waals surface area (Å²) in [6.07, 6.45) is 28.2. The average Bonchev–Trinajstić information content (AvgIpc) is 3.11. The van der Waals surface area contributed by atoms with Crippen LogP contribution >= 0.6 is 0 Å². The van der Waals surface area contributed by atoms with E-state index in [1.807, 2.05) is 6.92 Å². The van der Waals surface area contributed by atoms with Crippen molar-refractivity contribution >= 4 is 11.9 Å². The number of ether oxygens (including phenoxy) is 4. The van der Waals surface area contributed by atoms with Crippen molar-refractivity contribution in [1.82, 2.24) is 0 Å². The highest BCUT2D eigenvalue weighted by Crippen LogP contribution is 2.28. The third-order valence-corrected chi connectivity index (χ3v) is 10.1. The third kappa shape index (κ3) is 24.1. The van der Waals surface area contributed by atoms with Crippen LogP contribution in [0.3, 0.4) is 0 Å². The minimum Gasteiger partial charge on any atom is -0.455 e. The average molecular weight is 713 g/mol. The first-order valence-corrected chi connectivity index (χ1v) is 21.4. The minimum atomic E-state index is -1.34. The van der Waals surface area contributed by atoms with Crippen LogP contribution < -0.4 is 0 Å². The van der Waals surface area contributed by atoms with Gasteiger partial charge < -0.3 is 29.2 Å². The highest BCUT2D eigenvalue weighted by Gasteiger charge is 2.50. The summed E-state index contributed by atoms with van der Waals surface area (Å²) in [5, 5.41) is 20.9. The molecule has 1 heterocycles. The van der Waals surface area contributed by atoms with Crippen LogP contribution in [0.4, 0.5) is 0 Å². The van der Waals surface area contributed by atoms with Crippen LogP contribution in [0.2, 0.25) is 0 Å². The summed E-state index contributed by atoms with van der Waals surface area (Å²) in [4.78, 5) is 25.9. The molecule has 0 aromatic heterocycles. The first-order valence-electron chi connectivity index (χ1n) is 21.4. The van der Waals surface area contributed by atoms with E-state index >= 15 is 0 Å². The molecule has 0 bridgehead atoms. The van der Waals surface area contributed by atoms with Gasteiger partial charge in [0.25, 0.3) is 0 Å². The van der Waals surface area contributed by atoms with E-state index in [-0.39, 0.29) is 12.8 Å². The van der Waals surface area contributed by atoms with E-state index in [0.29, 0.717) is 13.0 Å². The normalized spacial score (nSPS) is 20.6. The maximum Gasteiger partial charge on any atom is 0.306 e. The third-order valence-electron chi connectivity index (χ3n) is 10.1. The van der Waals surface area contributed by atoms with Gasteiger partial charge in [-0.3, -0.25) is 9.59 Å². The van der Waals surface area contributed by atoms with Gasteiger partial charge in [0.2, 0.25) is 0 Å². The molecule has 1 rings (SSSR count). The number of hydrogen-bond donors (Lipinski definition) is 2. The van der Waals surface area contributed by atoms with Gasteiger partial charge in [0, 0.05) is 19.4 Å². The highest BCUT2D eigenvalue weighted by molar-refractivity contribution is 5.70. The lowest BCUT2D eigenvalue weighted by molar-refractivity contribution is -0.306. The molecule has 1 fully saturated rings. The standard InChI is InChI=1S/C42H80O8/c1-4-7-10-12-14-16-18-20-22-24-26-28-30-32-37(44)49-40-39(46)36(35-43)48-42(47-34-9-6-3)41(40)50-38(45)33-31-29-27-25-23-21-19-17-15-13-11-8-5-2/h36,39-43,46H,4-35H2,1-3H3/t36-,39-,40+,41-,42?/m1/s1. The molecule has 1 aliphatic rings. The SMILES string of the molecule is CCCCCCCCCCCCCCCC(=O)O[C@H]1[C@H](O)[C@@H](CO)OC(OCCCC)[C@@H]1OC(=O)CCCCCCCCCCCCCCC. The lowest BCUT2D eigenvalue weighted by Gasteiger charge is -2.42. The van der Waals surface area contributed by atoms with Crippen LogP contribution in [0, 0.1) is 0 Å². The summed E-state index contributed by atoms with van der Waals surface area (Å²) >= 11 is 0. The van der Waals surface area contributed by atoms with Gasteiger partial charge in [-0.15, -0.1) is 0 Å². The molecule has 1 unspecified atom stereocenters. The predicted octanol–water partition coefficient (Wildman–Crippen LogP) is 10.7. The highest BCUT2D eigenvalue weighted by atomic mass is 16.7. The molecule has 0 aliphatic carbocycles. The van der Waals surface area contributed by atoms with Gasteiger partial charge in [-0.25, -0.2) is 0 Å². The molecule has 2 N–H and O–H groups in total. The van der Waals surface area contributed by atoms with Gasteiger partial charge in [-0.1, -0.05) is 181 Å². The quantitative estimate of drug-likeness (QED) is 0.0493. The number of carbonyl (C=O) groups is 2. The number of aliphatic hydroxyl groups excluding tert-OH is 2. The maximum atomic E-state index is 13.0. The van der Waals surface area contributed by atoms with Gasteiger partial charge in [0.05, 0.1) is 6.61 Å². The van der Waals surface area contributed by atoms with Crippen LogP contribution in [0.1, 0.15) is 213 Å². The Kier molecular flexibility index (Phi) is 31.5. The Hall–Kier alpha value is -1.22. The largest absolute Gasteiger partial charge is 0.455 e. The topological polar surface area (TPSA) is 112 Å². The molecule has 0 aromatic rings. The smallest absolute Gasteiger partial charge is 0.306 e. The van der Waals surface area contributed by atoms with Crippen molar-refractivity contribution in [2.75, 3.05) is 13.2 Å². The summed E-state index contributed by atoms with van der Waals surface area (Å²) < 4.78 is 23.4. The molecular formula is C42H80O8. The van der Waals surface area contributed by atoms with Gasteiger partial charge in [0.1, 0.15) is 12.2 Å². The Balaban J connectivity index is 2.45. The van der Waals surface area contributed by atoms with Crippen LogP contribution in [-0.4, -0.2) is 66.1 Å². The number of esters is 2. The van der Waals surface area contributed by atoms with Gasteiger partial charge in [0.15, 0.2) is 18.5 Å². The summed E-state index contributed by atoms with van der Waals surface area (Å²) in [5.74, 6) is -0.862. The van der Waals surface area contributed by atoms with E-state index < -0.39 is 49.3 Å². The fraction of sp³-hybridized carbons (Fsp3) is 0.952. The zero-order valence-electron chi connectivity index (χ0n) is 32.9. The lowest BCUT2D eigenvalue weighted by atomic mass is 9.98. The number of unbranched alkanes of at least 4 members (excludes halogenated alkanes) is 25. The van der Waals surface area contributed by atoms with E-state index in [4.69, 9.17) is 18.9 Å². The fourth-order valence-electron chi connectivity index (χ4n) is 6.77. The van der Waals surface area contributed by atoms with Crippen molar-refractivity contribution < 1.29 is 38.7 Å². The van der Waals surface area contributed by atoms with Crippen LogP contribution in [0.25, 0.3) is 0 Å². The second-order valence-corrected chi connectivity index (χ2v) is 14.8. The van der Waals surface area contributed by atoms with E-state index in [9.17, 15) is 19.8 Å². The van der Waals surface area contributed by atoms with E-state index in [2.05, 4.69) is 13.8 Å². The Labute approximate surface area is 307 Å². The Morgan fingerprint density at radius 3 is 1.20 bits per heavy atom. The summed E-state index contributed by atoms with van der Waals surface area (Å²) in [6.45, 7) is 6.44. The molecule has 8 nitrogen and oxygen atoms in total. The van der Waals surface area contributed by atoms with E-state index in [1.54, 1.807) is 0 Å². The number of carbonyl (C=O) groups excluding carboxylic acids is 2. The van der Waals surface area contributed by atoms with Crippen LogP contribution in [0.15, 0.2) is 0 Å². The van der Waals surface area contributed by atoms with Gasteiger partial charge in [-0.05, 0) is 19.3 Å². The molecule has 0 radical (unpaired) electrons. The Morgan fingerprint density at radius 2 is 0.840 bits per heavy atom. The van der Waals surface area contributed by atoms with Crippen LogP contribution in [-0.2, 0) is 28.5 Å². The summed E-state index contributed by atoms with van der Waals surface area (Å²) in [6, 6.07) is 0. The molecule has 0 spiro atoms. The second kappa shape index (κ2) is 33.6. The number of hydrogen-bond acceptors (Lipinski definition) is 8. The molecule has 0 amide bonds. The maximum absolute atomic E-state index is 13.0. The zero-order valence-corrected chi connectivity index (χ0v) is 32.9. The van der Waals surface area contributed by atoms with Crippen molar-refractivity contribution in [2.45, 2.75) is 244 Å². The predicted molar refractivity (Wildman–Crippen MR) is 203 cm³/mol. The fourth-order valence-corrected chi connectivity index (χ4v) is 6.77. The van der Waals surface area contributed by atoms with Gasteiger partial charge >= 0.3 is 11.9 Å². The Morgan fingerprint density at radius 1 is 0.500 bits per heavy atom. The molecule has 5 atom stereocenters. The minimum absolute atomic E-state index is 0.229. The van der Waals surface area contributed by atoms with Crippen molar-refractivity contribution in [2.24, 2.45) is 0 Å². The van der Waals surface area contributed by atoms with Crippen LogP contribution in [0.5, 0.6) is 0 Å². The second-order valence-electron chi connectivity index (χ2n) is 14.8. The first kappa shape index (κ1) is 46.8. The summed E-state index contributed by atoms with van der Waals surface area (Å²) in [7, 11) is 0. The monoisotopic (exact) mass is 713 g/mol. The molecule has 1 aliphatic heterocycles. The zero-order chi connectivity index (χ0) is 36.5. The molecule has 8 heteroatoms. The van der Waals surface area contributed by atoms with Gasteiger partial charge in [-0.2, -0.15) is 0 Å². The van der Waals surface area contributed by atoms with Crippen molar-refractivity contribution in [3.8, 4) is 0 Å². The number of aliphatic hydroxyl groups is 2. The Bertz CT molecular complexity index is 777. The molecule has 1 saturated heterocycles. The summed E-state index contributed by atoms with van der Waals surface area (Å²) in [5.41, 5.74) is 0. The molecular weight excluding hydrogens is 632 g/mol. The van der Waals surface area contributed by atoms with Crippen molar-refractivity contribution in [1.29, 1.82) is 0 Å². The number of rotatable bonds is 35. The molecule has 0 aromatic carbocycles. The molecule has 0 saturated carbocycles. The molecule has 296 valence electrons. The first-order chi connectivity index (χ1) is 24.5. The van der Waals surface area contributed by atoms with Crippen molar-refractivity contribution in [3.63, 3.8) is 0 Å². The van der Waals surface area contributed by atoms with E-state index in [1.165, 1.54) is 128 Å². The van der Waals surface area contributed by atoms with E-state index in [0.717, 1.165) is 44.9 Å². The molecule has 50 heavy (non-hydrogen) atoms. The van der Waals surface area contributed by atoms with Crippen molar-refractivity contribution in [3.05, 3.63) is 0 Å².